The molecule has 9 nitrogen and oxygen atoms in total. The lowest BCUT2D eigenvalue weighted by molar-refractivity contribution is -0.175. The first kappa shape index (κ1) is 45.1. The number of hydrogen-bond acceptors (Lipinski definition) is 7. The monoisotopic (exact) mass is 912 g/mol. The number of methoxy groups -OCH3 is 2. The summed E-state index contributed by atoms with van der Waals surface area (Å²) in [5.74, 6) is 0.437. The Bertz CT molecular complexity index is 2580. The lowest BCUT2D eigenvalue weighted by Gasteiger charge is -2.71. The normalized spacial score (nSPS) is 31.6. The first-order valence-corrected chi connectivity index (χ1v) is 22.9. The van der Waals surface area contributed by atoms with Gasteiger partial charge in [0.25, 0.3) is 0 Å². The molecule has 3 N–H and O–H groups in total. The summed E-state index contributed by atoms with van der Waals surface area (Å²) in [7, 11) is 3.14. The number of Topliss-reactive ketones (excluding diaryl/α,β-unsaturated/α-hetero) is 1. The highest BCUT2D eigenvalue weighted by Gasteiger charge is 2.74. The van der Waals surface area contributed by atoms with Gasteiger partial charge in [0.2, 0.25) is 5.78 Å². The molecule has 1 aromatic heterocycles. The van der Waals surface area contributed by atoms with E-state index in [4.69, 9.17) is 25.5 Å². The van der Waals surface area contributed by atoms with Gasteiger partial charge in [0.15, 0.2) is 5.76 Å². The van der Waals surface area contributed by atoms with Crippen LogP contribution in [0.1, 0.15) is 99.0 Å². The van der Waals surface area contributed by atoms with Gasteiger partial charge in [0.05, 0.1) is 55.6 Å². The average Bonchev–Trinajstić information content (AvgIpc) is 3.88. The van der Waals surface area contributed by atoms with Crippen molar-refractivity contribution >= 4 is 23.4 Å². The van der Waals surface area contributed by atoms with E-state index < -0.39 is 45.5 Å². The van der Waals surface area contributed by atoms with Crippen molar-refractivity contribution in [3.8, 4) is 22.8 Å². The molecule has 0 saturated heterocycles. The molecule has 2 bridgehead atoms. The number of fused-ring (bicyclic) bond motifs is 1. The van der Waals surface area contributed by atoms with Gasteiger partial charge < -0.3 is 34.3 Å². The van der Waals surface area contributed by atoms with Crippen LogP contribution in [0.5, 0.6) is 11.5 Å². The lowest BCUT2D eigenvalue weighted by Crippen LogP contribution is -2.67. The Morgan fingerprint density at radius 2 is 1.65 bits per heavy atom. The second-order valence-corrected chi connectivity index (χ2v) is 20.0. The smallest absolute Gasteiger partial charge is 0.416 e. The molecule has 2 spiro atoms. The van der Waals surface area contributed by atoms with Crippen molar-refractivity contribution < 1.29 is 46.9 Å². The zero-order valence-electron chi connectivity index (χ0n) is 37.3. The van der Waals surface area contributed by atoms with Crippen LogP contribution in [-0.4, -0.2) is 59.4 Å². The number of carbonyl (C=O) groups is 2. The molecule has 4 aromatic rings. The molecule has 6 aliphatic carbocycles. The third-order valence-corrected chi connectivity index (χ3v) is 16.9. The number of urea groups is 1. The van der Waals surface area contributed by atoms with Crippen LogP contribution in [0.15, 0.2) is 107 Å². The van der Waals surface area contributed by atoms with Crippen molar-refractivity contribution in [3.05, 3.63) is 130 Å². The first-order chi connectivity index (χ1) is 30.8. The Kier molecular flexibility index (Phi) is 11.2. The molecule has 0 radical (unpaired) electrons. The molecule has 1 heterocycles. The van der Waals surface area contributed by atoms with Gasteiger partial charge in [0.1, 0.15) is 17.3 Å². The number of allylic oxidation sites excluding steroid dienone is 4. The number of aliphatic hydroxyl groups excluding tert-OH is 1. The minimum absolute atomic E-state index is 0.00727. The van der Waals surface area contributed by atoms with E-state index in [-0.39, 0.29) is 64.5 Å². The largest absolute Gasteiger partial charge is 0.497 e. The number of rotatable bonds is 11. The third kappa shape index (κ3) is 7.12. The van der Waals surface area contributed by atoms with E-state index in [1.54, 1.807) is 25.2 Å². The summed E-state index contributed by atoms with van der Waals surface area (Å²) < 4.78 is 58.8. The number of amides is 2. The van der Waals surface area contributed by atoms with E-state index in [2.05, 4.69) is 37.4 Å². The second kappa shape index (κ2) is 16.1. The molecular formula is C52H56ClF3N2O7. The molecule has 3 saturated carbocycles. The van der Waals surface area contributed by atoms with Gasteiger partial charge in [-0.05, 0) is 117 Å². The molecule has 3 fully saturated rings. The number of aliphatic hydroxyl groups is 2. The highest BCUT2D eigenvalue weighted by atomic mass is 35.5. The van der Waals surface area contributed by atoms with Crippen LogP contribution in [0.4, 0.5) is 18.0 Å². The van der Waals surface area contributed by atoms with Crippen LogP contribution in [0.2, 0.25) is 5.02 Å². The summed E-state index contributed by atoms with van der Waals surface area (Å²) in [4.78, 5) is 31.5. The maximum atomic E-state index is 15.3. The predicted molar refractivity (Wildman–Crippen MR) is 240 cm³/mol. The number of halogens is 4. The van der Waals surface area contributed by atoms with Crippen LogP contribution >= 0.6 is 11.6 Å². The highest BCUT2D eigenvalue weighted by Crippen LogP contribution is 2.78. The van der Waals surface area contributed by atoms with Gasteiger partial charge in [-0.15, -0.1) is 0 Å². The van der Waals surface area contributed by atoms with Gasteiger partial charge in [-0.3, -0.25) is 4.79 Å². The Morgan fingerprint density at radius 3 is 2.37 bits per heavy atom. The number of nitrogens with zero attached hydrogens (tertiary/aromatic N) is 1. The van der Waals surface area contributed by atoms with E-state index in [0.29, 0.717) is 55.6 Å². The van der Waals surface area contributed by atoms with Gasteiger partial charge in [-0.1, -0.05) is 74.0 Å². The van der Waals surface area contributed by atoms with Crippen molar-refractivity contribution in [1.29, 1.82) is 0 Å². The van der Waals surface area contributed by atoms with Crippen LogP contribution in [-0.2, 0) is 12.7 Å². The molecule has 13 heteroatoms. The standard InChI is InChI=1S/C52H56ClF3N2O7/c1-31(32-9-7-6-8-10-32)57-46(61)58(29-33-11-13-36(63-4)26-42(33)64-5)30-50(62)22-19-44-48(50,3)21-18-43-47(2)20-17-35(59)27-49(47)23-24-51(43,44)38(28-49)45(60)41-16-15-40(65-41)37-25-34(52(54,55)56)12-14-39(37)53/h6-16,23-26,28,31,35,43-44,59,62H,17-22,27,29-30H2,1-5H3,(H,57,61). The number of alkyl halides is 3. The molecular weight excluding hydrogens is 857 g/mol. The van der Waals surface area contributed by atoms with Crippen LogP contribution < -0.4 is 14.8 Å². The SMILES string of the molecule is COc1ccc(CN(CC2(O)CCC3C45C=CC6(C=C4C(=O)c4ccc(-c7cc(C(F)(F)F)ccc7Cl)o4)CC(O)CCC6(C)C5CCC32C)C(=O)NC(C)c2ccccc2)c(OC)c1. The van der Waals surface area contributed by atoms with Gasteiger partial charge in [-0.2, -0.15) is 13.2 Å². The Labute approximate surface area is 382 Å². The second-order valence-electron chi connectivity index (χ2n) is 19.6. The van der Waals surface area contributed by atoms with Crippen molar-refractivity contribution in [2.24, 2.45) is 33.5 Å². The van der Waals surface area contributed by atoms with E-state index >= 15 is 4.79 Å². The minimum Gasteiger partial charge on any atom is -0.497 e. The number of hydrogen-bond donors (Lipinski definition) is 3. The fourth-order valence-electron chi connectivity index (χ4n) is 13.0. The zero-order chi connectivity index (χ0) is 46.3. The van der Waals surface area contributed by atoms with E-state index in [0.717, 1.165) is 29.7 Å². The molecule has 9 unspecified atom stereocenters. The summed E-state index contributed by atoms with van der Waals surface area (Å²) in [5, 5.41) is 27.8. The maximum Gasteiger partial charge on any atom is 0.416 e. The van der Waals surface area contributed by atoms with Gasteiger partial charge in [-0.25, -0.2) is 4.79 Å². The van der Waals surface area contributed by atoms with Crippen molar-refractivity contribution in [3.63, 3.8) is 0 Å². The van der Waals surface area contributed by atoms with E-state index in [9.17, 15) is 28.2 Å². The van der Waals surface area contributed by atoms with Crippen LogP contribution in [0, 0.1) is 33.5 Å². The summed E-state index contributed by atoms with van der Waals surface area (Å²) in [6.45, 7) is 6.43. The number of ether oxygens (including phenoxy) is 2. The molecule has 344 valence electrons. The zero-order valence-corrected chi connectivity index (χ0v) is 38.1. The molecule has 3 aromatic carbocycles. The molecule has 2 amide bonds. The minimum atomic E-state index is -4.62. The molecule has 0 aliphatic heterocycles. The molecule has 65 heavy (non-hydrogen) atoms. The van der Waals surface area contributed by atoms with E-state index in [1.165, 1.54) is 18.2 Å². The predicted octanol–water partition coefficient (Wildman–Crippen LogP) is 11.4. The molecule has 9 atom stereocenters. The Morgan fingerprint density at radius 1 is 0.923 bits per heavy atom. The maximum absolute atomic E-state index is 15.3. The Hall–Kier alpha value is -5.04. The Balaban J connectivity index is 1.10. The topological polar surface area (TPSA) is 121 Å². The summed E-state index contributed by atoms with van der Waals surface area (Å²) in [6, 6.07) is 20.4. The summed E-state index contributed by atoms with van der Waals surface area (Å²) in [5.41, 5.74) is -2.74. The number of nitrogens with one attached hydrogen (secondary N) is 1. The summed E-state index contributed by atoms with van der Waals surface area (Å²) >= 11 is 6.43. The van der Waals surface area contributed by atoms with E-state index in [1.807, 2.05) is 49.4 Å². The lowest BCUT2D eigenvalue weighted by atomic mass is 9.32. The number of furan rings is 1. The van der Waals surface area contributed by atoms with Gasteiger partial charge >= 0.3 is 12.2 Å². The average molecular weight is 913 g/mol. The third-order valence-electron chi connectivity index (χ3n) is 16.6. The molecule has 6 aliphatic rings. The number of benzene rings is 3. The quantitative estimate of drug-likeness (QED) is 0.101. The van der Waals surface area contributed by atoms with Crippen molar-refractivity contribution in [2.75, 3.05) is 20.8 Å². The number of ketones is 1. The first-order valence-electron chi connectivity index (χ1n) is 22.5. The number of carbonyl (C=O) groups excluding carboxylic acids is 2. The van der Waals surface area contributed by atoms with Gasteiger partial charge in [0, 0.05) is 39.0 Å². The summed E-state index contributed by atoms with van der Waals surface area (Å²) in [6.07, 6.45) is 5.27. The van der Waals surface area contributed by atoms with Crippen molar-refractivity contribution in [1.82, 2.24) is 10.2 Å². The van der Waals surface area contributed by atoms with Crippen LogP contribution in [0.3, 0.4) is 0 Å². The fourth-order valence-corrected chi connectivity index (χ4v) is 13.2. The van der Waals surface area contributed by atoms with Crippen LogP contribution in [0.25, 0.3) is 11.3 Å². The molecule has 10 rings (SSSR count). The highest BCUT2D eigenvalue weighted by molar-refractivity contribution is 6.33. The fraction of sp³-hybridized carbons (Fsp3) is 0.462. The van der Waals surface area contributed by atoms with Crippen molar-refractivity contribution in [2.45, 2.75) is 96.2 Å².